The summed E-state index contributed by atoms with van der Waals surface area (Å²) in [6, 6.07) is 9.18. The Bertz CT molecular complexity index is 545. The van der Waals surface area contributed by atoms with Gasteiger partial charge in [0.05, 0.1) is 6.04 Å². The van der Waals surface area contributed by atoms with Crippen LogP contribution in [0.25, 0.3) is 0 Å². The fourth-order valence-corrected chi connectivity index (χ4v) is 4.03. The van der Waals surface area contributed by atoms with Gasteiger partial charge in [0.15, 0.2) is 0 Å². The van der Waals surface area contributed by atoms with Gasteiger partial charge in [0.1, 0.15) is 0 Å². The van der Waals surface area contributed by atoms with E-state index in [1.165, 1.54) is 0 Å². The summed E-state index contributed by atoms with van der Waals surface area (Å²) in [4.78, 5) is 1.72. The third-order valence-electron chi connectivity index (χ3n) is 2.51. The van der Waals surface area contributed by atoms with Gasteiger partial charge >= 0.3 is 0 Å². The van der Waals surface area contributed by atoms with Gasteiger partial charge in [0.2, 0.25) is 0 Å². The van der Waals surface area contributed by atoms with Crippen LogP contribution in [0, 0.1) is 0 Å². The number of halogens is 3. The molecule has 1 unspecified atom stereocenters. The molecule has 0 fully saturated rings. The van der Waals surface area contributed by atoms with Crippen LogP contribution in [0.4, 0.5) is 14.5 Å². The van der Waals surface area contributed by atoms with Gasteiger partial charge in [-0.2, -0.15) is 8.78 Å². The van der Waals surface area contributed by atoms with E-state index in [2.05, 4.69) is 21.2 Å². The van der Waals surface area contributed by atoms with Crippen molar-refractivity contribution in [1.82, 2.24) is 0 Å². The van der Waals surface area contributed by atoms with Crippen LogP contribution in [0.2, 0.25) is 0 Å². The quantitative estimate of drug-likeness (QED) is 0.653. The highest BCUT2D eigenvalue weighted by molar-refractivity contribution is 9.10. The van der Waals surface area contributed by atoms with Gasteiger partial charge in [-0.05, 0) is 46.4 Å². The molecule has 1 heterocycles. The van der Waals surface area contributed by atoms with Crippen LogP contribution in [0.1, 0.15) is 17.8 Å². The second kappa shape index (κ2) is 6.72. The van der Waals surface area contributed by atoms with Gasteiger partial charge in [-0.3, -0.25) is 0 Å². The minimum absolute atomic E-state index is 0.0637. The molecular formula is C13H12BrF2NS2. The zero-order chi connectivity index (χ0) is 13.8. The predicted molar refractivity (Wildman–Crippen MR) is 82.4 cm³/mol. The summed E-state index contributed by atoms with van der Waals surface area (Å²) in [5.74, 6) is -2.41. The van der Waals surface area contributed by atoms with E-state index in [-0.39, 0.29) is 6.04 Å². The first-order chi connectivity index (χ1) is 9.08. The van der Waals surface area contributed by atoms with Crippen LogP contribution in [0.5, 0.6) is 0 Å². The number of alkyl halides is 2. The Labute approximate surface area is 127 Å². The number of thiophene rings is 1. The summed E-state index contributed by atoms with van der Waals surface area (Å²) >= 11 is 5.68. The lowest BCUT2D eigenvalue weighted by Crippen LogP contribution is -2.06. The van der Waals surface area contributed by atoms with Gasteiger partial charge in [-0.25, -0.2) is 0 Å². The zero-order valence-corrected chi connectivity index (χ0v) is 13.3. The van der Waals surface area contributed by atoms with Gasteiger partial charge < -0.3 is 5.32 Å². The molecule has 2 aromatic rings. The number of benzene rings is 1. The molecule has 1 nitrogen and oxygen atoms in total. The van der Waals surface area contributed by atoms with Crippen molar-refractivity contribution in [3.8, 4) is 0 Å². The maximum absolute atomic E-state index is 12.5. The maximum Gasteiger partial charge on any atom is 0.288 e. The Kier molecular flexibility index (Phi) is 5.24. The standard InChI is InChI=1S/C13H12BrF2NS2/c1-8(12-9(14)6-7-18-12)17-10-4-2-3-5-11(10)19-13(15)16/h2-8,13,17H,1H3. The maximum atomic E-state index is 12.5. The van der Waals surface area contributed by atoms with Crippen molar-refractivity contribution in [2.75, 3.05) is 5.32 Å². The Hall–Kier alpha value is -0.590. The van der Waals surface area contributed by atoms with Crippen molar-refractivity contribution in [3.63, 3.8) is 0 Å². The van der Waals surface area contributed by atoms with E-state index in [4.69, 9.17) is 0 Å². The minimum Gasteiger partial charge on any atom is -0.377 e. The Morgan fingerprint density at radius 3 is 2.63 bits per heavy atom. The molecule has 102 valence electrons. The van der Waals surface area contributed by atoms with E-state index in [1.807, 2.05) is 30.5 Å². The zero-order valence-electron chi connectivity index (χ0n) is 10.1. The van der Waals surface area contributed by atoms with Crippen molar-refractivity contribution in [1.29, 1.82) is 0 Å². The van der Waals surface area contributed by atoms with Crippen LogP contribution in [0.15, 0.2) is 45.1 Å². The average Bonchev–Trinajstić information content (AvgIpc) is 2.77. The molecule has 1 aromatic heterocycles. The Morgan fingerprint density at radius 2 is 2.00 bits per heavy atom. The van der Waals surface area contributed by atoms with Crippen LogP contribution in [-0.2, 0) is 0 Å². The molecule has 2 rings (SSSR count). The van der Waals surface area contributed by atoms with Gasteiger partial charge in [0.25, 0.3) is 5.76 Å². The molecule has 0 aliphatic carbocycles. The first-order valence-corrected chi connectivity index (χ1v) is 8.16. The summed E-state index contributed by atoms with van der Waals surface area (Å²) in [6.07, 6.45) is 0. The molecule has 0 bridgehead atoms. The molecule has 6 heteroatoms. The highest BCUT2D eigenvalue weighted by atomic mass is 79.9. The monoisotopic (exact) mass is 363 g/mol. The third kappa shape index (κ3) is 3.94. The van der Waals surface area contributed by atoms with E-state index >= 15 is 0 Å². The number of anilines is 1. The number of nitrogens with one attached hydrogen (secondary N) is 1. The lowest BCUT2D eigenvalue weighted by atomic mass is 10.2. The molecular weight excluding hydrogens is 352 g/mol. The number of hydrogen-bond acceptors (Lipinski definition) is 3. The average molecular weight is 364 g/mol. The summed E-state index contributed by atoms with van der Waals surface area (Å²) in [5.41, 5.74) is 0.737. The van der Waals surface area contributed by atoms with Gasteiger partial charge in [-0.15, -0.1) is 11.3 Å². The smallest absolute Gasteiger partial charge is 0.288 e. The van der Waals surface area contributed by atoms with E-state index in [1.54, 1.807) is 23.5 Å². The first-order valence-electron chi connectivity index (χ1n) is 5.61. The SMILES string of the molecule is CC(Nc1ccccc1SC(F)F)c1sccc1Br. The summed E-state index contributed by atoms with van der Waals surface area (Å²) in [7, 11) is 0. The van der Waals surface area contributed by atoms with Crippen molar-refractivity contribution >= 4 is 44.7 Å². The molecule has 0 spiro atoms. The Balaban J connectivity index is 2.17. The molecule has 0 saturated heterocycles. The van der Waals surface area contributed by atoms with Gasteiger partial charge in [0, 0.05) is 19.9 Å². The number of rotatable bonds is 5. The Morgan fingerprint density at radius 1 is 1.26 bits per heavy atom. The number of thioether (sulfide) groups is 1. The largest absolute Gasteiger partial charge is 0.377 e. The fourth-order valence-electron chi connectivity index (χ4n) is 1.70. The molecule has 0 aliphatic rings. The topological polar surface area (TPSA) is 12.0 Å². The van der Waals surface area contributed by atoms with Crippen molar-refractivity contribution in [2.45, 2.75) is 23.6 Å². The fraction of sp³-hybridized carbons (Fsp3) is 0.231. The van der Waals surface area contributed by atoms with E-state index in [0.29, 0.717) is 16.7 Å². The molecule has 1 atom stereocenters. The lowest BCUT2D eigenvalue weighted by molar-refractivity contribution is 0.252. The molecule has 19 heavy (non-hydrogen) atoms. The normalized spacial score (nSPS) is 12.7. The summed E-state index contributed by atoms with van der Waals surface area (Å²) in [5, 5.41) is 5.28. The minimum atomic E-state index is -2.41. The van der Waals surface area contributed by atoms with Crippen molar-refractivity contribution in [2.24, 2.45) is 0 Å². The number of para-hydroxylation sites is 1. The van der Waals surface area contributed by atoms with Gasteiger partial charge in [-0.1, -0.05) is 23.9 Å². The van der Waals surface area contributed by atoms with Crippen molar-refractivity contribution < 1.29 is 8.78 Å². The van der Waals surface area contributed by atoms with E-state index in [9.17, 15) is 8.78 Å². The lowest BCUT2D eigenvalue weighted by Gasteiger charge is -2.17. The van der Waals surface area contributed by atoms with Crippen LogP contribution < -0.4 is 5.32 Å². The second-order valence-electron chi connectivity index (χ2n) is 3.87. The first kappa shape index (κ1) is 14.8. The molecule has 0 amide bonds. The van der Waals surface area contributed by atoms with Crippen LogP contribution in [0.3, 0.4) is 0 Å². The van der Waals surface area contributed by atoms with E-state index < -0.39 is 5.76 Å². The van der Waals surface area contributed by atoms with E-state index in [0.717, 1.165) is 15.0 Å². The third-order valence-corrected chi connectivity index (χ3v) is 5.35. The number of hydrogen-bond donors (Lipinski definition) is 1. The van der Waals surface area contributed by atoms with Crippen LogP contribution in [-0.4, -0.2) is 5.76 Å². The molecule has 1 aromatic carbocycles. The summed E-state index contributed by atoms with van der Waals surface area (Å²) < 4.78 is 26.0. The van der Waals surface area contributed by atoms with Crippen molar-refractivity contribution in [3.05, 3.63) is 45.1 Å². The second-order valence-corrected chi connectivity index (χ2v) is 6.71. The molecule has 0 radical (unpaired) electrons. The van der Waals surface area contributed by atoms with Crippen LogP contribution >= 0.6 is 39.0 Å². The molecule has 0 saturated carbocycles. The predicted octanol–water partition coefficient (Wildman–Crippen LogP) is 6.00. The summed E-state index contributed by atoms with van der Waals surface area (Å²) in [6.45, 7) is 2.01. The highest BCUT2D eigenvalue weighted by Crippen LogP contribution is 2.36. The highest BCUT2D eigenvalue weighted by Gasteiger charge is 2.14. The molecule has 0 aliphatic heterocycles. The molecule has 1 N–H and O–H groups in total.